The van der Waals surface area contributed by atoms with Gasteiger partial charge in [-0.2, -0.15) is 4.98 Å². The van der Waals surface area contributed by atoms with E-state index in [1.807, 2.05) is 0 Å². The molecule has 13 heteroatoms. The molecule has 4 rings (SSSR count). The number of anilines is 2. The summed E-state index contributed by atoms with van der Waals surface area (Å²) in [6, 6.07) is 3.32. The van der Waals surface area contributed by atoms with Crippen LogP contribution in [0.3, 0.4) is 0 Å². The van der Waals surface area contributed by atoms with Crippen LogP contribution in [-0.2, 0) is 11.8 Å². The van der Waals surface area contributed by atoms with Gasteiger partial charge in [-0.15, -0.1) is 0 Å². The number of aromatic nitrogens is 4. The third-order valence-corrected chi connectivity index (χ3v) is 5.92. The van der Waals surface area contributed by atoms with E-state index >= 15 is 0 Å². The van der Waals surface area contributed by atoms with Gasteiger partial charge in [0.25, 0.3) is 5.92 Å². The minimum atomic E-state index is -2.93. The molecule has 0 spiro atoms. The number of hydrogen-bond donors (Lipinski definition) is 3. The summed E-state index contributed by atoms with van der Waals surface area (Å²) in [5.41, 5.74) is 1.18. The van der Waals surface area contributed by atoms with Gasteiger partial charge in [-0.25, -0.2) is 18.6 Å². The third-order valence-electron chi connectivity index (χ3n) is 5.46. The number of nitrogens with zero attached hydrogens (tertiary/aromatic N) is 3. The first-order chi connectivity index (χ1) is 15.7. The Labute approximate surface area is 197 Å². The third kappa shape index (κ3) is 4.91. The van der Waals surface area contributed by atoms with E-state index in [-0.39, 0.29) is 48.1 Å². The van der Waals surface area contributed by atoms with Crippen LogP contribution in [0.5, 0.6) is 5.75 Å². The fourth-order valence-electron chi connectivity index (χ4n) is 3.63. The van der Waals surface area contributed by atoms with Crippen LogP contribution in [0.25, 0.3) is 11.0 Å². The van der Waals surface area contributed by atoms with Crippen molar-refractivity contribution < 1.29 is 18.3 Å². The van der Waals surface area contributed by atoms with Crippen LogP contribution in [0, 0.1) is 5.92 Å². The van der Waals surface area contributed by atoms with E-state index in [9.17, 15) is 13.6 Å². The van der Waals surface area contributed by atoms with Crippen molar-refractivity contribution in [3.63, 3.8) is 0 Å². The maximum absolute atomic E-state index is 14.3. The van der Waals surface area contributed by atoms with Gasteiger partial charge in [-0.05, 0) is 17.7 Å². The molecule has 1 aromatic carbocycles. The number of nitrogens with one attached hydrogen (secondary N) is 3. The van der Waals surface area contributed by atoms with Gasteiger partial charge < -0.3 is 25.1 Å². The minimum Gasteiger partial charge on any atom is -0.489 e. The van der Waals surface area contributed by atoms with Crippen molar-refractivity contribution in [3.8, 4) is 5.75 Å². The Morgan fingerprint density at radius 2 is 2.09 bits per heavy atom. The molecule has 3 aromatic rings. The van der Waals surface area contributed by atoms with Gasteiger partial charge in [0.1, 0.15) is 29.0 Å². The molecule has 3 heterocycles. The Balaban J connectivity index is 1.52. The Morgan fingerprint density at radius 1 is 1.30 bits per heavy atom. The first-order valence-corrected chi connectivity index (χ1v) is 10.9. The summed E-state index contributed by atoms with van der Waals surface area (Å²) < 4.78 is 41.3. The lowest BCUT2D eigenvalue weighted by Gasteiger charge is -2.36. The van der Waals surface area contributed by atoms with Gasteiger partial charge in [0, 0.05) is 37.8 Å². The van der Waals surface area contributed by atoms with Crippen molar-refractivity contribution in [1.82, 2.24) is 24.8 Å². The summed E-state index contributed by atoms with van der Waals surface area (Å²) in [6.45, 7) is 1.73. The van der Waals surface area contributed by atoms with Gasteiger partial charge in [0.2, 0.25) is 5.28 Å². The molecule has 0 amide bonds. The van der Waals surface area contributed by atoms with Crippen molar-refractivity contribution in [3.05, 3.63) is 39.1 Å². The zero-order chi connectivity index (χ0) is 23.8. The first-order valence-electron chi connectivity index (χ1n) is 10.2. The number of ether oxygens (including phenoxy) is 2. The number of piperidine rings is 1. The molecule has 9 nitrogen and oxygen atoms in total. The summed E-state index contributed by atoms with van der Waals surface area (Å²) >= 11 is 12.0. The van der Waals surface area contributed by atoms with E-state index in [1.54, 1.807) is 19.2 Å². The highest BCUT2D eigenvalue weighted by Crippen LogP contribution is 2.33. The van der Waals surface area contributed by atoms with Crippen molar-refractivity contribution in [2.24, 2.45) is 13.0 Å². The number of alkyl halides is 2. The van der Waals surface area contributed by atoms with Gasteiger partial charge in [-0.3, -0.25) is 4.57 Å². The van der Waals surface area contributed by atoms with E-state index in [1.165, 1.54) is 17.7 Å². The lowest BCUT2D eigenvalue weighted by molar-refractivity contribution is -0.179. The molecule has 0 radical (unpaired) electrons. The van der Waals surface area contributed by atoms with Crippen LogP contribution in [0.15, 0.2) is 23.1 Å². The number of benzene rings is 1. The molecule has 0 bridgehead atoms. The Bertz CT molecular complexity index is 1220. The summed E-state index contributed by atoms with van der Waals surface area (Å²) in [5.74, 6) is -3.14. The highest BCUT2D eigenvalue weighted by molar-refractivity contribution is 6.33. The molecule has 0 saturated carbocycles. The van der Waals surface area contributed by atoms with Crippen molar-refractivity contribution >= 4 is 45.7 Å². The standard InChI is InChI=1S/C20H22Cl2F2N6O3/c1-10-7-25-9-15(20(10,23)24)33-4-3-32-14-6-11(5-13-16(14)30(2)19(31)28-13)27-17-12(21)8-26-18(22)29-17/h5-6,8,10,15,25H,3-4,7,9H2,1-2H3,(H,28,31)(H,26,27,29)/t10-,15+/m1/s1. The predicted octanol–water partition coefficient (Wildman–Crippen LogP) is 3.35. The molecule has 1 aliphatic heterocycles. The van der Waals surface area contributed by atoms with Gasteiger partial charge >= 0.3 is 5.69 Å². The molecular weight excluding hydrogens is 481 g/mol. The Kier molecular flexibility index (Phi) is 6.76. The monoisotopic (exact) mass is 502 g/mol. The molecular formula is C20H22Cl2F2N6O3. The second-order valence-electron chi connectivity index (χ2n) is 7.76. The number of imidazole rings is 1. The number of aryl methyl sites for hydroxylation is 1. The first kappa shape index (κ1) is 23.7. The topological polar surface area (TPSA) is 106 Å². The molecule has 1 fully saturated rings. The molecule has 1 saturated heterocycles. The molecule has 2 aromatic heterocycles. The number of fused-ring (bicyclic) bond motifs is 1. The smallest absolute Gasteiger partial charge is 0.326 e. The number of halogens is 4. The van der Waals surface area contributed by atoms with Crippen molar-refractivity contribution in [2.45, 2.75) is 19.0 Å². The van der Waals surface area contributed by atoms with E-state index < -0.39 is 17.9 Å². The molecule has 0 aliphatic carbocycles. The Morgan fingerprint density at radius 3 is 2.88 bits per heavy atom. The summed E-state index contributed by atoms with van der Waals surface area (Å²) in [5, 5.41) is 6.21. The largest absolute Gasteiger partial charge is 0.489 e. The fourth-order valence-corrected chi connectivity index (χ4v) is 3.91. The molecule has 2 atom stereocenters. The zero-order valence-electron chi connectivity index (χ0n) is 17.8. The number of aromatic amines is 1. The fraction of sp³-hybridized carbons (Fsp3) is 0.450. The van der Waals surface area contributed by atoms with Crippen LogP contribution in [0.1, 0.15) is 6.92 Å². The average Bonchev–Trinajstić information content (AvgIpc) is 3.04. The maximum Gasteiger partial charge on any atom is 0.326 e. The minimum absolute atomic E-state index is 0.00102. The van der Waals surface area contributed by atoms with Gasteiger partial charge in [0.05, 0.1) is 18.3 Å². The maximum atomic E-state index is 14.3. The van der Waals surface area contributed by atoms with Crippen LogP contribution in [0.2, 0.25) is 10.3 Å². The molecule has 33 heavy (non-hydrogen) atoms. The number of hydrogen-bond acceptors (Lipinski definition) is 7. The summed E-state index contributed by atoms with van der Waals surface area (Å²) in [4.78, 5) is 22.7. The summed E-state index contributed by atoms with van der Waals surface area (Å²) in [7, 11) is 1.59. The second-order valence-corrected chi connectivity index (χ2v) is 8.51. The van der Waals surface area contributed by atoms with Gasteiger partial charge in [0.15, 0.2) is 5.82 Å². The van der Waals surface area contributed by atoms with Crippen LogP contribution in [-0.4, -0.2) is 57.8 Å². The lowest BCUT2D eigenvalue weighted by atomic mass is 9.94. The normalized spacial score (nSPS) is 20.2. The second kappa shape index (κ2) is 9.41. The van der Waals surface area contributed by atoms with Crippen LogP contribution in [0.4, 0.5) is 20.3 Å². The Hall–Kier alpha value is -2.47. The number of H-pyrrole nitrogens is 1. The van der Waals surface area contributed by atoms with Crippen molar-refractivity contribution in [2.75, 3.05) is 31.6 Å². The average molecular weight is 503 g/mol. The van der Waals surface area contributed by atoms with E-state index in [2.05, 4.69) is 25.6 Å². The van der Waals surface area contributed by atoms with E-state index in [4.69, 9.17) is 32.7 Å². The van der Waals surface area contributed by atoms with Gasteiger partial charge in [-0.1, -0.05) is 18.5 Å². The number of rotatable bonds is 7. The zero-order valence-corrected chi connectivity index (χ0v) is 19.3. The van der Waals surface area contributed by atoms with E-state index in [0.717, 1.165) is 0 Å². The van der Waals surface area contributed by atoms with Crippen LogP contribution >= 0.6 is 23.2 Å². The van der Waals surface area contributed by atoms with E-state index in [0.29, 0.717) is 22.5 Å². The summed E-state index contributed by atoms with van der Waals surface area (Å²) in [6.07, 6.45) is 0.118. The molecule has 0 unspecified atom stereocenters. The quantitative estimate of drug-likeness (QED) is 0.336. The van der Waals surface area contributed by atoms with Crippen molar-refractivity contribution in [1.29, 1.82) is 0 Å². The predicted molar refractivity (Wildman–Crippen MR) is 121 cm³/mol. The lowest BCUT2D eigenvalue weighted by Crippen LogP contribution is -2.55. The highest BCUT2D eigenvalue weighted by Gasteiger charge is 2.47. The van der Waals surface area contributed by atoms with Crippen LogP contribution < -0.4 is 21.1 Å². The highest BCUT2D eigenvalue weighted by atomic mass is 35.5. The molecule has 3 N–H and O–H groups in total. The SMILES string of the molecule is C[C@@H]1CNC[C@H](OCCOc2cc(Nc3nc(Cl)ncc3Cl)cc3[nH]c(=O)n(C)c23)C1(F)F. The molecule has 1 aliphatic rings. The molecule has 178 valence electrons.